The van der Waals surface area contributed by atoms with Crippen LogP contribution in [0.3, 0.4) is 0 Å². The third-order valence-corrected chi connectivity index (χ3v) is 4.45. The van der Waals surface area contributed by atoms with Crippen LogP contribution in [0.15, 0.2) is 47.8 Å². The minimum atomic E-state index is -0.457. The number of nitrogens with one attached hydrogen (secondary N) is 1. The Morgan fingerprint density at radius 1 is 1.19 bits per heavy atom. The largest absolute Gasteiger partial charge is 0.497 e. The van der Waals surface area contributed by atoms with E-state index in [1.165, 1.54) is 24.5 Å². The molecule has 0 fully saturated rings. The first-order valence-electron chi connectivity index (χ1n) is 7.81. The number of halogens is 1. The maximum atomic E-state index is 13.8. The summed E-state index contributed by atoms with van der Waals surface area (Å²) in [5.74, 6) is 0.242. The second-order valence-electron chi connectivity index (χ2n) is 5.46. The van der Waals surface area contributed by atoms with E-state index in [0.717, 1.165) is 5.56 Å². The Balaban J connectivity index is 1.68. The molecule has 0 aliphatic carbocycles. The molecule has 0 radical (unpaired) electrons. The van der Waals surface area contributed by atoms with Crippen LogP contribution >= 0.6 is 11.3 Å². The molecule has 1 heterocycles. The fourth-order valence-electron chi connectivity index (χ4n) is 2.42. The lowest BCUT2D eigenvalue weighted by atomic mass is 10.1. The van der Waals surface area contributed by atoms with Gasteiger partial charge in [-0.3, -0.25) is 4.79 Å². The van der Waals surface area contributed by atoms with Crippen molar-refractivity contribution < 1.29 is 18.7 Å². The van der Waals surface area contributed by atoms with Gasteiger partial charge in [-0.15, -0.1) is 11.3 Å². The van der Waals surface area contributed by atoms with E-state index in [2.05, 4.69) is 10.3 Å². The predicted molar refractivity (Wildman–Crippen MR) is 99.4 cm³/mol. The molecule has 3 rings (SSSR count). The van der Waals surface area contributed by atoms with Gasteiger partial charge in [0, 0.05) is 10.9 Å². The van der Waals surface area contributed by atoms with Gasteiger partial charge in [-0.25, -0.2) is 9.37 Å². The molecular formula is C19H17FN2O3S. The molecule has 0 saturated carbocycles. The van der Waals surface area contributed by atoms with Crippen molar-refractivity contribution in [3.05, 3.63) is 59.2 Å². The summed E-state index contributed by atoms with van der Waals surface area (Å²) in [6.07, 6.45) is 0.212. The summed E-state index contributed by atoms with van der Waals surface area (Å²) in [5, 5.41) is 4.99. The highest BCUT2D eigenvalue weighted by Gasteiger charge is 2.11. The predicted octanol–water partition coefficient (Wildman–Crippen LogP) is 4.15. The molecule has 1 aromatic heterocycles. The van der Waals surface area contributed by atoms with Crippen molar-refractivity contribution in [3.63, 3.8) is 0 Å². The Kier molecular flexibility index (Phi) is 5.48. The van der Waals surface area contributed by atoms with Gasteiger partial charge >= 0.3 is 0 Å². The molecule has 3 aromatic rings. The topological polar surface area (TPSA) is 60.5 Å². The van der Waals surface area contributed by atoms with Gasteiger partial charge in [0.2, 0.25) is 5.91 Å². The second-order valence-corrected chi connectivity index (χ2v) is 6.32. The number of amides is 1. The van der Waals surface area contributed by atoms with Crippen molar-refractivity contribution in [2.75, 3.05) is 19.5 Å². The number of benzene rings is 2. The van der Waals surface area contributed by atoms with Crippen LogP contribution in [-0.4, -0.2) is 25.1 Å². The van der Waals surface area contributed by atoms with E-state index < -0.39 is 5.82 Å². The van der Waals surface area contributed by atoms with Crippen molar-refractivity contribution in [2.24, 2.45) is 0 Å². The second kappa shape index (κ2) is 7.97. The van der Waals surface area contributed by atoms with Crippen molar-refractivity contribution in [3.8, 4) is 22.8 Å². The monoisotopic (exact) mass is 372 g/mol. The van der Waals surface area contributed by atoms with Crippen molar-refractivity contribution in [1.82, 2.24) is 4.98 Å². The zero-order valence-corrected chi connectivity index (χ0v) is 15.1. The number of ether oxygens (including phenoxy) is 2. The Morgan fingerprint density at radius 3 is 2.77 bits per heavy atom. The maximum Gasteiger partial charge on any atom is 0.230 e. The van der Waals surface area contributed by atoms with Gasteiger partial charge in [-0.1, -0.05) is 12.1 Å². The average Bonchev–Trinajstić information content (AvgIpc) is 3.10. The van der Waals surface area contributed by atoms with Crippen molar-refractivity contribution in [2.45, 2.75) is 6.42 Å². The third-order valence-electron chi connectivity index (χ3n) is 3.70. The van der Waals surface area contributed by atoms with Crippen LogP contribution in [0.5, 0.6) is 11.5 Å². The molecule has 1 amide bonds. The van der Waals surface area contributed by atoms with Crippen LogP contribution < -0.4 is 14.8 Å². The van der Waals surface area contributed by atoms with Crippen LogP contribution in [0.25, 0.3) is 11.3 Å². The lowest BCUT2D eigenvalue weighted by Crippen LogP contribution is -2.14. The van der Waals surface area contributed by atoms with Crippen LogP contribution in [0.1, 0.15) is 5.56 Å². The highest BCUT2D eigenvalue weighted by molar-refractivity contribution is 7.14. The van der Waals surface area contributed by atoms with Crippen molar-refractivity contribution in [1.29, 1.82) is 0 Å². The molecule has 26 heavy (non-hydrogen) atoms. The molecule has 5 nitrogen and oxygen atoms in total. The highest BCUT2D eigenvalue weighted by Crippen LogP contribution is 2.28. The van der Waals surface area contributed by atoms with Crippen LogP contribution in [0.2, 0.25) is 0 Å². The summed E-state index contributed by atoms with van der Waals surface area (Å²) in [7, 11) is 3.00. The molecule has 0 saturated heterocycles. The lowest BCUT2D eigenvalue weighted by molar-refractivity contribution is -0.115. The third kappa shape index (κ3) is 4.18. The molecule has 0 atom stereocenters. The summed E-state index contributed by atoms with van der Waals surface area (Å²) in [4.78, 5) is 16.5. The van der Waals surface area contributed by atoms with Crippen molar-refractivity contribution >= 4 is 22.4 Å². The zero-order valence-electron chi connectivity index (χ0n) is 14.3. The van der Waals surface area contributed by atoms with Crippen LogP contribution in [-0.2, 0) is 11.2 Å². The first-order valence-corrected chi connectivity index (χ1v) is 8.69. The van der Waals surface area contributed by atoms with E-state index in [1.807, 2.05) is 24.3 Å². The minimum Gasteiger partial charge on any atom is -0.497 e. The molecular weight excluding hydrogens is 355 g/mol. The van der Waals surface area contributed by atoms with E-state index in [9.17, 15) is 9.18 Å². The number of aromatic nitrogens is 1. The first kappa shape index (κ1) is 17.9. The fourth-order valence-corrected chi connectivity index (χ4v) is 3.16. The summed E-state index contributed by atoms with van der Waals surface area (Å²) in [6.45, 7) is 0. The molecule has 0 aliphatic rings. The van der Waals surface area contributed by atoms with E-state index >= 15 is 0 Å². The molecule has 1 N–H and O–H groups in total. The standard InChI is InChI=1S/C19H17FN2O3S/c1-24-14-5-3-4-12(8-14)9-18(23)22-19-21-16(11-26-19)13-6-7-17(25-2)15(20)10-13/h3-8,10-11H,9H2,1-2H3,(H,21,22,23). The molecule has 0 unspecified atom stereocenters. The lowest BCUT2D eigenvalue weighted by Gasteiger charge is -2.05. The number of anilines is 1. The molecule has 134 valence electrons. The Labute approximate surface area is 154 Å². The average molecular weight is 372 g/mol. The summed E-state index contributed by atoms with van der Waals surface area (Å²) < 4.78 is 23.9. The molecule has 2 aromatic carbocycles. The number of rotatable bonds is 6. The van der Waals surface area contributed by atoms with E-state index in [0.29, 0.717) is 22.1 Å². The van der Waals surface area contributed by atoms with Gasteiger partial charge in [0.25, 0.3) is 0 Å². The molecule has 0 aliphatic heterocycles. The SMILES string of the molecule is COc1cccc(CC(=O)Nc2nc(-c3ccc(OC)c(F)c3)cs2)c1. The highest BCUT2D eigenvalue weighted by atomic mass is 32.1. The molecule has 7 heteroatoms. The number of methoxy groups -OCH3 is 2. The summed E-state index contributed by atoms with van der Waals surface area (Å²) in [5.41, 5.74) is 2.05. The number of nitrogens with zero attached hydrogens (tertiary/aromatic N) is 1. The van der Waals surface area contributed by atoms with Gasteiger partial charge < -0.3 is 14.8 Å². The minimum absolute atomic E-state index is 0.177. The van der Waals surface area contributed by atoms with Gasteiger partial charge in [-0.05, 0) is 35.9 Å². The first-order chi connectivity index (χ1) is 12.6. The van der Waals surface area contributed by atoms with Gasteiger partial charge in [0.1, 0.15) is 5.75 Å². The van der Waals surface area contributed by atoms with Crippen LogP contribution in [0.4, 0.5) is 9.52 Å². The van der Waals surface area contributed by atoms with Gasteiger partial charge in [0.15, 0.2) is 16.7 Å². The smallest absolute Gasteiger partial charge is 0.230 e. The van der Waals surface area contributed by atoms with Gasteiger partial charge in [0.05, 0.1) is 26.3 Å². The summed E-state index contributed by atoms with van der Waals surface area (Å²) >= 11 is 1.29. The zero-order chi connectivity index (χ0) is 18.5. The maximum absolute atomic E-state index is 13.8. The van der Waals surface area contributed by atoms with E-state index in [-0.39, 0.29) is 18.1 Å². The van der Waals surface area contributed by atoms with E-state index in [1.54, 1.807) is 24.6 Å². The van der Waals surface area contributed by atoms with Crippen LogP contribution in [0, 0.1) is 5.82 Å². The van der Waals surface area contributed by atoms with E-state index in [4.69, 9.17) is 9.47 Å². The number of hydrogen-bond acceptors (Lipinski definition) is 5. The normalized spacial score (nSPS) is 10.4. The Morgan fingerprint density at radius 2 is 2.04 bits per heavy atom. The van der Waals surface area contributed by atoms with Gasteiger partial charge in [-0.2, -0.15) is 0 Å². The number of thiazole rings is 1. The number of carbonyl (C=O) groups excluding carboxylic acids is 1. The Bertz CT molecular complexity index is 927. The quantitative estimate of drug-likeness (QED) is 0.706. The number of carbonyl (C=O) groups is 1. The Hall–Kier alpha value is -2.93. The summed E-state index contributed by atoms with van der Waals surface area (Å²) in [6, 6.07) is 12.0. The fraction of sp³-hybridized carbons (Fsp3) is 0.158. The molecule has 0 spiro atoms. The molecule has 0 bridgehead atoms. The number of hydrogen-bond donors (Lipinski definition) is 1.